The zero-order valence-corrected chi connectivity index (χ0v) is 12.9. The number of rotatable bonds is 5. The van der Waals surface area contributed by atoms with Gasteiger partial charge >= 0.3 is 106 Å². The van der Waals surface area contributed by atoms with Crippen LogP contribution in [0.3, 0.4) is 0 Å². The van der Waals surface area contributed by atoms with E-state index in [1.807, 2.05) is 6.92 Å². The van der Waals surface area contributed by atoms with Gasteiger partial charge in [0.25, 0.3) is 0 Å². The number of carbonyl (C=O) groups is 1. The van der Waals surface area contributed by atoms with E-state index >= 15 is 0 Å². The summed E-state index contributed by atoms with van der Waals surface area (Å²) in [5, 5.41) is 0. The van der Waals surface area contributed by atoms with Crippen molar-refractivity contribution >= 4 is 13.2 Å². The minimum atomic E-state index is -1.40. The van der Waals surface area contributed by atoms with E-state index in [0.29, 0.717) is 6.61 Å². The van der Waals surface area contributed by atoms with Crippen molar-refractivity contribution in [3.05, 3.63) is 0 Å². The van der Waals surface area contributed by atoms with E-state index in [4.69, 9.17) is 4.74 Å². The predicted molar refractivity (Wildman–Crippen MR) is 77.7 cm³/mol. The zero-order chi connectivity index (χ0) is 12.9. The van der Waals surface area contributed by atoms with Crippen molar-refractivity contribution in [3.63, 3.8) is 0 Å². The Morgan fingerprint density at radius 3 is 2.71 bits per heavy atom. The van der Waals surface area contributed by atoms with E-state index in [1.165, 1.54) is 31.6 Å². The molecule has 1 rings (SSSR count). The van der Waals surface area contributed by atoms with Crippen LogP contribution in [0.15, 0.2) is 0 Å². The summed E-state index contributed by atoms with van der Waals surface area (Å²) in [4.78, 5) is 12.1. The van der Waals surface area contributed by atoms with Crippen LogP contribution in [0, 0.1) is 5.92 Å². The van der Waals surface area contributed by atoms with Crippen LogP contribution in [0.2, 0.25) is 0 Å². The average molecular weight is 260 g/mol. The molecule has 0 saturated carbocycles. The van der Waals surface area contributed by atoms with Crippen molar-refractivity contribution < 1.29 is 9.53 Å². The Morgan fingerprint density at radius 1 is 1.41 bits per heavy atom. The number of ether oxygens (including phenoxy) is 1. The quantitative estimate of drug-likeness (QED) is 0.558. The van der Waals surface area contributed by atoms with Gasteiger partial charge in [-0.25, -0.2) is 0 Å². The SMILES string of the molecule is CCOC(=O)C1CCCC[PH]1(C)CCC(C)C. The van der Waals surface area contributed by atoms with E-state index in [0.717, 1.165) is 12.3 Å². The van der Waals surface area contributed by atoms with Gasteiger partial charge < -0.3 is 0 Å². The molecule has 1 fully saturated rings. The monoisotopic (exact) mass is 260 g/mol. The van der Waals surface area contributed by atoms with Gasteiger partial charge in [0.2, 0.25) is 0 Å². The molecule has 0 aliphatic carbocycles. The van der Waals surface area contributed by atoms with E-state index in [2.05, 4.69) is 20.5 Å². The fourth-order valence-corrected chi connectivity index (χ4v) is 7.76. The van der Waals surface area contributed by atoms with Crippen molar-refractivity contribution in [3.8, 4) is 0 Å². The molecule has 0 aromatic carbocycles. The molecule has 1 saturated heterocycles. The summed E-state index contributed by atoms with van der Waals surface area (Å²) < 4.78 is 5.28. The predicted octanol–water partition coefficient (Wildman–Crippen LogP) is 3.53. The molecule has 1 aliphatic heterocycles. The van der Waals surface area contributed by atoms with Gasteiger partial charge in [-0.15, -0.1) is 0 Å². The fraction of sp³-hybridized carbons (Fsp3) is 0.929. The summed E-state index contributed by atoms with van der Waals surface area (Å²) >= 11 is 0. The van der Waals surface area contributed by atoms with Gasteiger partial charge in [0, 0.05) is 0 Å². The maximum atomic E-state index is 12.1. The summed E-state index contributed by atoms with van der Waals surface area (Å²) in [6.45, 7) is 9.42. The van der Waals surface area contributed by atoms with Crippen molar-refractivity contribution in [2.75, 3.05) is 25.6 Å². The van der Waals surface area contributed by atoms with Gasteiger partial charge in [-0.3, -0.25) is 0 Å². The maximum absolute atomic E-state index is 12.1. The summed E-state index contributed by atoms with van der Waals surface area (Å²) in [5.74, 6) is 0.856. The average Bonchev–Trinajstić information content (AvgIpc) is 2.27. The Bertz CT molecular complexity index is 253. The van der Waals surface area contributed by atoms with Gasteiger partial charge in [-0.05, 0) is 0 Å². The third kappa shape index (κ3) is 4.25. The summed E-state index contributed by atoms with van der Waals surface area (Å²) in [7, 11) is -1.40. The summed E-state index contributed by atoms with van der Waals surface area (Å²) in [6, 6.07) is 0. The van der Waals surface area contributed by atoms with Gasteiger partial charge in [0.15, 0.2) is 0 Å². The molecule has 1 heterocycles. The first kappa shape index (κ1) is 15.0. The molecule has 1 unspecified atom stereocenters. The second-order valence-corrected chi connectivity index (χ2v) is 11.1. The first-order chi connectivity index (χ1) is 7.99. The molecule has 1 atom stereocenters. The Labute approximate surface area is 107 Å². The van der Waals surface area contributed by atoms with Gasteiger partial charge in [-0.2, -0.15) is 0 Å². The van der Waals surface area contributed by atoms with Crippen molar-refractivity contribution in [1.29, 1.82) is 0 Å². The third-order valence-electron chi connectivity index (χ3n) is 4.20. The van der Waals surface area contributed by atoms with E-state index in [-0.39, 0.29) is 11.6 Å². The van der Waals surface area contributed by atoms with Crippen LogP contribution >= 0.6 is 7.26 Å². The van der Waals surface area contributed by atoms with Crippen LogP contribution in [0.5, 0.6) is 0 Å². The molecule has 0 aromatic heterocycles. The number of hydrogen-bond acceptors (Lipinski definition) is 2. The standard InChI is InChI=1S/C14H29O2P/c1-5-16-14(15)13-8-6-7-10-17(13,4)11-9-12(2)3/h12-13,17H,5-11H2,1-4H3. The van der Waals surface area contributed by atoms with Gasteiger partial charge in [0.1, 0.15) is 0 Å². The molecule has 3 heteroatoms. The molecular formula is C14H29O2P. The Balaban J connectivity index is 2.66. The molecule has 0 bridgehead atoms. The van der Waals surface area contributed by atoms with Crippen molar-refractivity contribution in [2.24, 2.45) is 5.92 Å². The molecular weight excluding hydrogens is 231 g/mol. The Hall–Kier alpha value is -0.100. The molecule has 102 valence electrons. The van der Waals surface area contributed by atoms with E-state index in [9.17, 15) is 4.79 Å². The van der Waals surface area contributed by atoms with Crippen LogP contribution < -0.4 is 0 Å². The molecule has 0 radical (unpaired) electrons. The molecule has 0 spiro atoms. The Morgan fingerprint density at radius 2 is 2.12 bits per heavy atom. The van der Waals surface area contributed by atoms with Crippen LogP contribution in [-0.4, -0.2) is 37.2 Å². The normalized spacial score (nSPS) is 25.6. The third-order valence-corrected chi connectivity index (χ3v) is 9.33. The van der Waals surface area contributed by atoms with E-state index < -0.39 is 7.26 Å². The molecule has 2 nitrogen and oxygen atoms in total. The topological polar surface area (TPSA) is 26.3 Å². The van der Waals surface area contributed by atoms with Crippen LogP contribution in [0.1, 0.15) is 46.5 Å². The molecule has 0 N–H and O–H groups in total. The minimum absolute atomic E-state index is 0.102. The zero-order valence-electron chi connectivity index (χ0n) is 11.9. The van der Waals surface area contributed by atoms with Gasteiger partial charge in [-0.1, -0.05) is 0 Å². The van der Waals surface area contributed by atoms with Gasteiger partial charge in [0.05, 0.1) is 0 Å². The summed E-state index contributed by atoms with van der Waals surface area (Å²) in [6.07, 6.45) is 7.53. The first-order valence-electron chi connectivity index (χ1n) is 7.16. The van der Waals surface area contributed by atoms with Crippen molar-refractivity contribution in [1.82, 2.24) is 0 Å². The van der Waals surface area contributed by atoms with Crippen molar-refractivity contribution in [2.45, 2.75) is 52.1 Å². The van der Waals surface area contributed by atoms with E-state index in [1.54, 1.807) is 0 Å². The number of esters is 1. The van der Waals surface area contributed by atoms with Crippen LogP contribution in [-0.2, 0) is 9.53 Å². The second kappa shape index (κ2) is 6.73. The molecule has 0 amide bonds. The molecule has 17 heavy (non-hydrogen) atoms. The first-order valence-corrected chi connectivity index (χ1v) is 10.2. The summed E-state index contributed by atoms with van der Waals surface area (Å²) in [5.41, 5.74) is 0.273. The molecule has 0 aromatic rings. The fourth-order valence-electron chi connectivity index (χ4n) is 2.96. The Kier molecular flexibility index (Phi) is 5.92. The van der Waals surface area contributed by atoms with Crippen LogP contribution in [0.25, 0.3) is 0 Å². The number of carbonyl (C=O) groups excluding carboxylic acids is 1. The second-order valence-electron chi connectivity index (χ2n) is 6.14. The number of hydrogen-bond donors (Lipinski definition) is 0. The van der Waals surface area contributed by atoms with Crippen LogP contribution in [0.4, 0.5) is 0 Å². The molecule has 1 aliphatic rings.